The Morgan fingerprint density at radius 1 is 0.507 bits per heavy atom. The number of fused-ring (bicyclic) bond motifs is 6. The van der Waals surface area contributed by atoms with Crippen molar-refractivity contribution in [1.82, 2.24) is 0 Å². The fraction of sp³-hybridized carbons (Fsp3) is 0.189. The molecule has 1 nitrogen and oxygen atoms in total. The van der Waals surface area contributed by atoms with Gasteiger partial charge in [-0.1, -0.05) is 285 Å². The zero-order chi connectivity index (χ0) is 54.1. The summed E-state index contributed by atoms with van der Waals surface area (Å²) in [7, 11) is 0. The lowest BCUT2D eigenvalue weighted by Gasteiger charge is -2.31. The molecule has 0 bridgehead atoms. The van der Waals surface area contributed by atoms with Gasteiger partial charge < -0.3 is 4.90 Å². The van der Waals surface area contributed by atoms with Crippen molar-refractivity contribution in [2.24, 2.45) is 0 Å². The minimum Gasteiger partial charge on any atom is -0.310 e. The fourth-order valence-electron chi connectivity index (χ4n) is 9.35. The Morgan fingerprint density at radius 3 is 1.71 bits per heavy atom. The highest BCUT2D eigenvalue weighted by molar-refractivity contribution is 6.19. The van der Waals surface area contributed by atoms with E-state index in [2.05, 4.69) is 258 Å². The van der Waals surface area contributed by atoms with Gasteiger partial charge in [-0.05, 0) is 143 Å². The molecule has 0 aliphatic heterocycles. The third-order valence-electron chi connectivity index (χ3n) is 12.7. The van der Waals surface area contributed by atoms with Crippen LogP contribution in [0.5, 0.6) is 0 Å². The SMILES string of the molecule is C/C=C\C=C/CC.C=C/C=C\C(=C(C)C)/C(=C\C)N(c1ccc(-c2ccc(C)cc2)cc1)c1ccc2c3c(cccc13)-c1ccccc1-2.CC.CC.CC.c1ccc(Cc2ccc3c(ccc4ccccc43)c2)cc1. The molecule has 0 aromatic heterocycles. The van der Waals surface area contributed by atoms with Crippen LogP contribution >= 0.6 is 0 Å². The molecule has 0 radical (unpaired) electrons. The topological polar surface area (TPSA) is 3.24 Å². The smallest absolute Gasteiger partial charge is 0.0540 e. The van der Waals surface area contributed by atoms with Crippen molar-refractivity contribution >= 4 is 43.7 Å². The monoisotopic (exact) mass is 984 g/mol. The molecule has 0 amide bonds. The first kappa shape index (κ1) is 57.9. The van der Waals surface area contributed by atoms with Gasteiger partial charge in [0.25, 0.3) is 0 Å². The maximum atomic E-state index is 3.93. The van der Waals surface area contributed by atoms with E-state index in [4.69, 9.17) is 0 Å². The van der Waals surface area contributed by atoms with Gasteiger partial charge in [-0.15, -0.1) is 0 Å². The predicted molar refractivity (Wildman–Crippen MR) is 338 cm³/mol. The van der Waals surface area contributed by atoms with Gasteiger partial charge in [-0.25, -0.2) is 0 Å². The molecule has 0 saturated heterocycles. The molecule has 0 spiro atoms. The number of benzene rings is 9. The molecule has 1 aliphatic rings. The summed E-state index contributed by atoms with van der Waals surface area (Å²) in [5, 5.41) is 7.87. The molecule has 0 saturated carbocycles. The number of nitrogens with zero attached hydrogens (tertiary/aromatic N) is 1. The molecule has 75 heavy (non-hydrogen) atoms. The van der Waals surface area contributed by atoms with Crippen LogP contribution in [0.25, 0.3) is 65.7 Å². The Kier molecular flexibility index (Phi) is 23.4. The number of rotatable bonds is 11. The third-order valence-corrected chi connectivity index (χ3v) is 12.7. The summed E-state index contributed by atoms with van der Waals surface area (Å²) < 4.78 is 0. The van der Waals surface area contributed by atoms with E-state index in [1.165, 1.54) is 99.2 Å². The Hall–Kier alpha value is -8.00. The Labute approximate surface area is 452 Å². The van der Waals surface area contributed by atoms with Crippen LogP contribution in [0.1, 0.15) is 99.3 Å². The summed E-state index contributed by atoms with van der Waals surface area (Å²) >= 11 is 0. The van der Waals surface area contributed by atoms with Gasteiger partial charge in [0.1, 0.15) is 0 Å². The molecule has 1 heteroatoms. The fourth-order valence-corrected chi connectivity index (χ4v) is 9.35. The molecule has 10 rings (SSSR count). The largest absolute Gasteiger partial charge is 0.310 e. The summed E-state index contributed by atoms with van der Waals surface area (Å²) in [5.74, 6) is 0. The van der Waals surface area contributed by atoms with Crippen LogP contribution < -0.4 is 4.90 Å². The van der Waals surface area contributed by atoms with Crippen LogP contribution in [-0.2, 0) is 6.42 Å². The average Bonchev–Trinajstić information content (AvgIpc) is 3.82. The second-order valence-corrected chi connectivity index (χ2v) is 17.7. The molecule has 0 N–H and O–H groups in total. The number of allylic oxidation sites excluding steroid dienone is 9. The highest BCUT2D eigenvalue weighted by Gasteiger charge is 2.26. The van der Waals surface area contributed by atoms with Gasteiger partial charge in [-0.2, -0.15) is 0 Å². The van der Waals surface area contributed by atoms with Crippen molar-refractivity contribution in [2.75, 3.05) is 4.90 Å². The van der Waals surface area contributed by atoms with Crippen molar-refractivity contribution in [3.63, 3.8) is 0 Å². The quantitative estimate of drug-likeness (QED) is 0.0922. The number of hydrogen-bond acceptors (Lipinski definition) is 1. The number of aryl methyl sites for hydroxylation is 1. The maximum Gasteiger partial charge on any atom is 0.0540 e. The first-order valence-electron chi connectivity index (χ1n) is 27.3. The van der Waals surface area contributed by atoms with Crippen molar-refractivity contribution in [2.45, 2.75) is 95.9 Å². The van der Waals surface area contributed by atoms with E-state index < -0.39 is 0 Å². The zero-order valence-electron chi connectivity index (χ0n) is 47.1. The molecular formula is C74H81N. The van der Waals surface area contributed by atoms with Crippen molar-refractivity contribution in [3.8, 4) is 33.4 Å². The summed E-state index contributed by atoms with van der Waals surface area (Å²) in [4.78, 5) is 2.42. The van der Waals surface area contributed by atoms with Gasteiger partial charge >= 0.3 is 0 Å². The molecule has 0 fully saturated rings. The third kappa shape index (κ3) is 14.4. The lowest BCUT2D eigenvalue weighted by molar-refractivity contribution is 1.15. The van der Waals surface area contributed by atoms with E-state index in [0.717, 1.165) is 24.2 Å². The van der Waals surface area contributed by atoms with Crippen molar-refractivity contribution in [1.29, 1.82) is 0 Å². The van der Waals surface area contributed by atoms with Crippen LogP contribution in [0.15, 0.2) is 260 Å². The molecule has 0 heterocycles. The highest BCUT2D eigenvalue weighted by Crippen LogP contribution is 2.51. The van der Waals surface area contributed by atoms with Crippen LogP contribution in [0.4, 0.5) is 11.4 Å². The minimum atomic E-state index is 0.990. The number of anilines is 2. The Balaban J connectivity index is 0.000000254. The van der Waals surface area contributed by atoms with Crippen molar-refractivity contribution < 1.29 is 0 Å². The minimum absolute atomic E-state index is 0.990. The molecule has 1 aliphatic carbocycles. The Bertz CT molecular complexity index is 3340. The summed E-state index contributed by atoms with van der Waals surface area (Å²) in [5.41, 5.74) is 17.5. The highest BCUT2D eigenvalue weighted by atomic mass is 15.2. The maximum absolute atomic E-state index is 3.93. The molecule has 9 aromatic rings. The van der Waals surface area contributed by atoms with E-state index in [1.807, 2.05) is 72.8 Å². The number of hydrogen-bond donors (Lipinski definition) is 0. The van der Waals surface area contributed by atoms with E-state index >= 15 is 0 Å². The lowest BCUT2D eigenvalue weighted by Crippen LogP contribution is -2.18. The normalized spacial score (nSPS) is 11.0. The van der Waals surface area contributed by atoms with Gasteiger partial charge in [0.15, 0.2) is 0 Å². The second-order valence-electron chi connectivity index (χ2n) is 17.7. The first-order valence-corrected chi connectivity index (χ1v) is 27.3. The van der Waals surface area contributed by atoms with E-state index in [9.17, 15) is 0 Å². The van der Waals surface area contributed by atoms with Gasteiger partial charge in [0.05, 0.1) is 5.69 Å². The van der Waals surface area contributed by atoms with Crippen LogP contribution in [-0.4, -0.2) is 0 Å². The van der Waals surface area contributed by atoms with Crippen LogP contribution in [0, 0.1) is 6.92 Å². The van der Waals surface area contributed by atoms with E-state index in [-0.39, 0.29) is 0 Å². The van der Waals surface area contributed by atoms with Crippen LogP contribution in [0.3, 0.4) is 0 Å². The Morgan fingerprint density at radius 2 is 1.08 bits per heavy atom. The van der Waals surface area contributed by atoms with Gasteiger partial charge in [0.2, 0.25) is 0 Å². The summed E-state index contributed by atoms with van der Waals surface area (Å²) in [6.07, 6.45) is 18.6. The van der Waals surface area contributed by atoms with Crippen LogP contribution in [0.2, 0.25) is 0 Å². The zero-order valence-corrected chi connectivity index (χ0v) is 47.1. The van der Waals surface area contributed by atoms with Crippen molar-refractivity contribution in [3.05, 3.63) is 277 Å². The second kappa shape index (κ2) is 30.3. The summed E-state index contributed by atoms with van der Waals surface area (Å²) in [6.45, 7) is 28.7. The van der Waals surface area contributed by atoms with Gasteiger partial charge in [-0.3, -0.25) is 0 Å². The van der Waals surface area contributed by atoms with E-state index in [0.29, 0.717) is 0 Å². The molecular weight excluding hydrogens is 903 g/mol. The first-order chi connectivity index (χ1) is 36.8. The van der Waals surface area contributed by atoms with E-state index in [1.54, 1.807) is 0 Å². The molecule has 0 atom stereocenters. The predicted octanol–water partition coefficient (Wildman–Crippen LogP) is 22.8. The molecule has 382 valence electrons. The molecule has 9 aromatic carbocycles. The van der Waals surface area contributed by atoms with Gasteiger partial charge in [0, 0.05) is 16.8 Å². The average molecular weight is 984 g/mol. The standard InChI is InChI=1S/C40H35N.C21H16.C7H12.3C2H6/c1-6-8-12-32(27(3)4)38(7-2)41(31-23-21-30(22-24-31)29-19-17-28(5)18-20-29)39-26-25-36-34-14-10-9-13-33(34)35-15-11-16-37(39)40(35)36;1-2-6-16(7-3-1)14-17-10-13-21-19(15-17)12-11-18-8-4-5-9-20(18)21;1-3-5-7-6-4-2;3*1-2/h6-26H,1H2,2-5H3;1-13,15H,14H2;3,5-7H,4H2,1-2H3;3*1-2H3/b12-8-,38-7+;;5-3-,7-6-;;;. The lowest BCUT2D eigenvalue weighted by atomic mass is 9.97. The summed E-state index contributed by atoms with van der Waals surface area (Å²) in [6, 6.07) is 68.3. The molecule has 0 unspecified atom stereocenters.